The number of phenolic OH excluding ortho intramolecular Hbond substituents is 1. The minimum atomic E-state index is -0.777. The number of amides is 1. The molecule has 1 aliphatic rings. The average molecular weight is 385 g/mol. The third-order valence-corrected chi connectivity index (χ3v) is 5.01. The lowest BCUT2D eigenvalue weighted by Crippen LogP contribution is -2.29. The summed E-state index contributed by atoms with van der Waals surface area (Å²) in [6, 6.07) is 21.5. The maximum Gasteiger partial charge on any atom is 0.300 e. The number of phenols is 1. The van der Waals surface area contributed by atoms with E-state index in [0.717, 1.165) is 5.56 Å². The minimum Gasteiger partial charge on any atom is -0.508 e. The number of hydrogen-bond acceptors (Lipinski definition) is 4. The quantitative estimate of drug-likeness (QED) is 0.400. The van der Waals surface area contributed by atoms with E-state index in [9.17, 15) is 19.8 Å². The van der Waals surface area contributed by atoms with Crippen LogP contribution in [0, 0.1) is 6.92 Å². The van der Waals surface area contributed by atoms with Crippen molar-refractivity contribution in [1.82, 2.24) is 0 Å². The second-order valence-electron chi connectivity index (χ2n) is 6.96. The van der Waals surface area contributed by atoms with E-state index >= 15 is 0 Å². The number of ketones is 1. The summed E-state index contributed by atoms with van der Waals surface area (Å²) >= 11 is 0. The van der Waals surface area contributed by atoms with E-state index in [1.54, 1.807) is 36.4 Å². The van der Waals surface area contributed by atoms with E-state index in [1.165, 1.54) is 17.0 Å². The van der Waals surface area contributed by atoms with Gasteiger partial charge in [0.15, 0.2) is 0 Å². The van der Waals surface area contributed by atoms with Crippen molar-refractivity contribution in [2.45, 2.75) is 13.0 Å². The molecule has 4 rings (SSSR count). The molecule has 1 saturated heterocycles. The Morgan fingerprint density at radius 2 is 1.48 bits per heavy atom. The number of benzene rings is 3. The fraction of sp³-hybridized carbons (Fsp3) is 0.0833. The number of anilines is 1. The van der Waals surface area contributed by atoms with E-state index in [-0.39, 0.29) is 17.1 Å². The van der Waals surface area contributed by atoms with E-state index in [0.29, 0.717) is 16.8 Å². The van der Waals surface area contributed by atoms with Gasteiger partial charge >= 0.3 is 0 Å². The Morgan fingerprint density at radius 3 is 2.10 bits per heavy atom. The molecule has 0 saturated carbocycles. The van der Waals surface area contributed by atoms with Crippen LogP contribution in [-0.4, -0.2) is 21.9 Å². The van der Waals surface area contributed by atoms with Gasteiger partial charge < -0.3 is 10.2 Å². The van der Waals surface area contributed by atoms with Crippen LogP contribution in [0.2, 0.25) is 0 Å². The summed E-state index contributed by atoms with van der Waals surface area (Å²) in [5, 5.41) is 20.5. The number of Topliss-reactive ketones (excluding diaryl/α,β-unsaturated/α-hetero) is 1. The lowest BCUT2D eigenvalue weighted by molar-refractivity contribution is -0.132. The Kier molecular flexibility index (Phi) is 4.64. The van der Waals surface area contributed by atoms with Crippen LogP contribution < -0.4 is 4.90 Å². The molecule has 144 valence electrons. The molecular weight excluding hydrogens is 366 g/mol. The van der Waals surface area contributed by atoms with Crippen molar-refractivity contribution in [2.24, 2.45) is 0 Å². The first-order valence-corrected chi connectivity index (χ1v) is 9.19. The van der Waals surface area contributed by atoms with E-state index in [4.69, 9.17) is 0 Å². The van der Waals surface area contributed by atoms with Crippen LogP contribution in [0.25, 0.3) is 5.76 Å². The summed E-state index contributed by atoms with van der Waals surface area (Å²) in [6.45, 7) is 1.95. The number of aliphatic hydroxyl groups excluding tert-OH is 1. The lowest BCUT2D eigenvalue weighted by atomic mass is 9.94. The first kappa shape index (κ1) is 18.5. The zero-order chi connectivity index (χ0) is 20.5. The smallest absolute Gasteiger partial charge is 0.300 e. The predicted octanol–water partition coefficient (Wildman–Crippen LogP) is 4.33. The number of aromatic hydroxyl groups is 1. The average Bonchev–Trinajstić information content (AvgIpc) is 3.00. The van der Waals surface area contributed by atoms with Gasteiger partial charge in [0.05, 0.1) is 11.6 Å². The molecule has 1 amide bonds. The molecule has 1 heterocycles. The molecule has 0 radical (unpaired) electrons. The molecular formula is C24H19NO4. The van der Waals surface area contributed by atoms with Crippen LogP contribution in [0.4, 0.5) is 5.69 Å². The van der Waals surface area contributed by atoms with Crippen molar-refractivity contribution < 1.29 is 19.8 Å². The molecule has 3 aromatic rings. The standard InChI is InChI=1S/C24H19NO4/c1-15-7-9-16(10-8-15)21-20(22(27)17-5-3-2-4-6-17)23(28)24(29)25(21)18-11-13-19(26)14-12-18/h2-14,21,26-27H,1H3/b22-20+/t21-/m0/s1. The normalized spacial score (nSPS) is 18.2. The Bertz CT molecular complexity index is 1100. The highest BCUT2D eigenvalue weighted by Crippen LogP contribution is 2.42. The summed E-state index contributed by atoms with van der Waals surface area (Å²) in [7, 11) is 0. The van der Waals surface area contributed by atoms with Gasteiger partial charge in [0.2, 0.25) is 0 Å². The number of nitrogens with zero attached hydrogens (tertiary/aromatic N) is 1. The molecule has 0 aromatic heterocycles. The summed E-state index contributed by atoms with van der Waals surface area (Å²) < 4.78 is 0. The number of carbonyl (C=O) groups is 2. The van der Waals surface area contributed by atoms with Gasteiger partial charge in [0, 0.05) is 11.3 Å². The van der Waals surface area contributed by atoms with Crippen LogP contribution in [0.5, 0.6) is 5.75 Å². The summed E-state index contributed by atoms with van der Waals surface area (Å²) in [5.41, 5.74) is 2.72. The zero-order valence-corrected chi connectivity index (χ0v) is 15.7. The number of aliphatic hydroxyl groups is 1. The van der Waals surface area contributed by atoms with Crippen LogP contribution >= 0.6 is 0 Å². The molecule has 5 nitrogen and oxygen atoms in total. The molecule has 2 N–H and O–H groups in total. The third kappa shape index (κ3) is 3.27. The molecule has 0 bridgehead atoms. The molecule has 29 heavy (non-hydrogen) atoms. The van der Waals surface area contributed by atoms with E-state index < -0.39 is 17.7 Å². The van der Waals surface area contributed by atoms with Gasteiger partial charge in [0.25, 0.3) is 11.7 Å². The number of aryl methyl sites for hydroxylation is 1. The fourth-order valence-electron chi connectivity index (χ4n) is 3.53. The van der Waals surface area contributed by atoms with Crippen LogP contribution in [0.3, 0.4) is 0 Å². The van der Waals surface area contributed by atoms with Gasteiger partial charge in [-0.15, -0.1) is 0 Å². The second kappa shape index (κ2) is 7.28. The van der Waals surface area contributed by atoms with Gasteiger partial charge in [-0.25, -0.2) is 0 Å². The molecule has 0 aliphatic carbocycles. The predicted molar refractivity (Wildman–Crippen MR) is 111 cm³/mol. The maximum atomic E-state index is 13.0. The van der Waals surface area contributed by atoms with Crippen LogP contribution in [0.15, 0.2) is 84.4 Å². The summed E-state index contributed by atoms with van der Waals surface area (Å²) in [5.74, 6) is -1.62. The molecule has 0 unspecified atom stereocenters. The van der Waals surface area contributed by atoms with Crippen molar-refractivity contribution in [3.05, 3.63) is 101 Å². The Balaban J connectivity index is 1.94. The minimum absolute atomic E-state index is 0.0399. The van der Waals surface area contributed by atoms with Gasteiger partial charge in [-0.2, -0.15) is 0 Å². The fourth-order valence-corrected chi connectivity index (χ4v) is 3.53. The van der Waals surface area contributed by atoms with Crippen molar-refractivity contribution in [3.8, 4) is 5.75 Å². The Hall–Kier alpha value is -3.86. The largest absolute Gasteiger partial charge is 0.508 e. The molecule has 1 aliphatic heterocycles. The van der Waals surface area contributed by atoms with Crippen LogP contribution in [-0.2, 0) is 9.59 Å². The highest BCUT2D eigenvalue weighted by Gasteiger charge is 2.46. The highest BCUT2D eigenvalue weighted by atomic mass is 16.3. The van der Waals surface area contributed by atoms with Gasteiger partial charge in [-0.05, 0) is 36.8 Å². The van der Waals surface area contributed by atoms with Crippen molar-refractivity contribution in [3.63, 3.8) is 0 Å². The topological polar surface area (TPSA) is 77.8 Å². The van der Waals surface area contributed by atoms with Crippen molar-refractivity contribution in [2.75, 3.05) is 4.90 Å². The Labute approximate surface area is 168 Å². The molecule has 0 spiro atoms. The number of carbonyl (C=O) groups excluding carboxylic acids is 2. The zero-order valence-electron chi connectivity index (χ0n) is 15.7. The summed E-state index contributed by atoms with van der Waals surface area (Å²) in [6.07, 6.45) is 0. The van der Waals surface area contributed by atoms with Gasteiger partial charge in [-0.3, -0.25) is 14.5 Å². The lowest BCUT2D eigenvalue weighted by Gasteiger charge is -2.25. The van der Waals surface area contributed by atoms with Crippen molar-refractivity contribution in [1.29, 1.82) is 0 Å². The third-order valence-electron chi connectivity index (χ3n) is 5.01. The maximum absolute atomic E-state index is 13.0. The first-order chi connectivity index (χ1) is 14.0. The molecule has 3 aromatic carbocycles. The van der Waals surface area contributed by atoms with Gasteiger partial charge in [-0.1, -0.05) is 60.2 Å². The number of hydrogen-bond donors (Lipinski definition) is 2. The van der Waals surface area contributed by atoms with E-state index in [1.807, 2.05) is 37.3 Å². The number of rotatable bonds is 3. The summed E-state index contributed by atoms with van der Waals surface area (Å²) in [4.78, 5) is 27.3. The second-order valence-corrected chi connectivity index (χ2v) is 6.96. The highest BCUT2D eigenvalue weighted by molar-refractivity contribution is 6.51. The van der Waals surface area contributed by atoms with Crippen molar-refractivity contribution >= 4 is 23.1 Å². The molecule has 1 atom stereocenters. The molecule has 5 heteroatoms. The molecule has 1 fully saturated rings. The SMILES string of the molecule is Cc1ccc([C@H]2/C(=C(\O)c3ccccc3)C(=O)C(=O)N2c2ccc(O)cc2)cc1. The monoisotopic (exact) mass is 385 g/mol. The first-order valence-electron chi connectivity index (χ1n) is 9.19. The van der Waals surface area contributed by atoms with Crippen LogP contribution in [0.1, 0.15) is 22.7 Å². The van der Waals surface area contributed by atoms with Gasteiger partial charge in [0.1, 0.15) is 11.5 Å². The Morgan fingerprint density at radius 1 is 0.862 bits per heavy atom. The van der Waals surface area contributed by atoms with E-state index in [2.05, 4.69) is 0 Å².